The normalized spacial score (nSPS) is 16.6. The van der Waals surface area contributed by atoms with Crippen molar-refractivity contribution in [2.45, 2.75) is 31.8 Å². The lowest BCUT2D eigenvalue weighted by Crippen LogP contribution is -2.52. The van der Waals surface area contributed by atoms with E-state index in [1.807, 2.05) is 30.3 Å². The molecule has 1 fully saturated rings. The van der Waals surface area contributed by atoms with Crippen LogP contribution in [-0.4, -0.2) is 41.2 Å². The molecule has 0 atom stereocenters. The Bertz CT molecular complexity index is 1310. The minimum absolute atomic E-state index is 0.0216. The molecule has 1 spiro atoms. The predicted molar refractivity (Wildman–Crippen MR) is 129 cm³/mol. The zero-order valence-electron chi connectivity index (χ0n) is 18.6. The van der Waals surface area contributed by atoms with Gasteiger partial charge in [0, 0.05) is 49.5 Å². The number of hydrogen-bond donors (Lipinski definition) is 1. The van der Waals surface area contributed by atoms with Crippen LogP contribution in [0.5, 0.6) is 11.5 Å². The Hall–Kier alpha value is -3.58. The molecule has 0 unspecified atom stereocenters. The highest BCUT2D eigenvalue weighted by molar-refractivity contribution is 6.11. The Labute approximate surface area is 201 Å². The topological polar surface area (TPSA) is 84.9 Å². The Morgan fingerprint density at radius 2 is 1.85 bits per heavy atom. The molecule has 34 heavy (non-hydrogen) atoms. The average Bonchev–Trinajstić information content (AvgIpc) is 2.83. The number of carbonyl (C=O) groups excluding carboxylic acids is 3. The molecule has 7 nitrogen and oxygen atoms in total. The second-order valence-corrected chi connectivity index (χ2v) is 9.00. The maximum absolute atomic E-state index is 13.3. The number of hydrogen-bond acceptors (Lipinski definition) is 5. The molecule has 3 aromatic rings. The molecular weight excluding hydrogens is 456 g/mol. The second kappa shape index (κ2) is 8.65. The summed E-state index contributed by atoms with van der Waals surface area (Å²) in [5, 5.41) is 4.40. The van der Waals surface area contributed by atoms with Gasteiger partial charge in [0.25, 0.3) is 5.91 Å². The second-order valence-electron chi connectivity index (χ2n) is 8.84. The van der Waals surface area contributed by atoms with Crippen LogP contribution in [0.2, 0.25) is 0 Å². The van der Waals surface area contributed by atoms with E-state index in [9.17, 15) is 14.4 Å². The highest BCUT2D eigenvalue weighted by Gasteiger charge is 2.43. The molecule has 0 aromatic heterocycles. The third kappa shape index (κ3) is 4.07. The lowest BCUT2D eigenvalue weighted by atomic mass is 9.82. The van der Waals surface area contributed by atoms with Gasteiger partial charge in [0.2, 0.25) is 5.91 Å². The van der Waals surface area contributed by atoms with Gasteiger partial charge >= 0.3 is 0 Å². The van der Waals surface area contributed by atoms with Crippen molar-refractivity contribution in [2.75, 3.05) is 18.4 Å². The molecule has 8 heteroatoms. The molecule has 0 bridgehead atoms. The Morgan fingerprint density at radius 1 is 1.09 bits per heavy atom. The first-order valence-electron chi connectivity index (χ1n) is 11.1. The summed E-state index contributed by atoms with van der Waals surface area (Å²) >= 11 is 5.66. The van der Waals surface area contributed by atoms with Gasteiger partial charge in [-0.2, -0.15) is 0 Å². The van der Waals surface area contributed by atoms with Crippen molar-refractivity contribution < 1.29 is 23.4 Å². The molecule has 174 valence electrons. The largest absolute Gasteiger partial charge is 0.486 e. The number of rotatable bonds is 3. The van der Waals surface area contributed by atoms with Gasteiger partial charge in [-0.1, -0.05) is 24.3 Å². The number of nitrogens with one attached hydrogen (secondary N) is 1. The van der Waals surface area contributed by atoms with Gasteiger partial charge in [-0.05, 0) is 35.7 Å². The van der Waals surface area contributed by atoms with Crippen LogP contribution in [0.1, 0.15) is 46.9 Å². The molecular formula is C26H23ClN2O5. The van der Waals surface area contributed by atoms with Crippen LogP contribution < -0.4 is 14.3 Å². The monoisotopic (exact) mass is 478 g/mol. The number of fused-ring (bicyclic) bond motifs is 2. The minimum atomic E-state index is -0.635. The maximum Gasteiger partial charge on any atom is 0.254 e. The van der Waals surface area contributed by atoms with E-state index >= 15 is 0 Å². The highest BCUT2D eigenvalue weighted by atomic mass is 35.5. The first kappa shape index (κ1) is 22.2. The van der Waals surface area contributed by atoms with Crippen LogP contribution >= 0.6 is 11.9 Å². The number of piperidine rings is 1. The fraction of sp³-hybridized carbons (Fsp3) is 0.269. The van der Waals surface area contributed by atoms with Gasteiger partial charge in [0.05, 0.1) is 12.0 Å². The number of anilines is 1. The van der Waals surface area contributed by atoms with Gasteiger partial charge < -0.3 is 19.2 Å². The number of ketones is 1. The van der Waals surface area contributed by atoms with Crippen molar-refractivity contribution in [1.82, 2.24) is 4.90 Å². The maximum atomic E-state index is 13.3. The Kier molecular flexibility index (Phi) is 5.65. The number of ether oxygens (including phenoxy) is 1. The Morgan fingerprint density at radius 3 is 2.59 bits per heavy atom. The predicted octanol–water partition coefficient (Wildman–Crippen LogP) is 4.97. The molecule has 0 aliphatic carbocycles. The SMILES string of the molecule is CC(=O)Nc1ccc2c(c1)C(=O)CC1(CCN(C(=O)c3cc(OCl)c4ccccc4c3)CC1)O2. The number of benzene rings is 3. The van der Waals surface area contributed by atoms with Gasteiger partial charge in [-0.25, -0.2) is 0 Å². The third-order valence-corrected chi connectivity index (χ3v) is 6.69. The number of likely N-dealkylation sites (tertiary alicyclic amines) is 1. The molecule has 3 aromatic carbocycles. The molecule has 0 saturated carbocycles. The number of nitrogens with zero attached hydrogens (tertiary/aromatic N) is 1. The fourth-order valence-electron chi connectivity index (χ4n) is 4.82. The standard InChI is InChI=1S/C26H23ClN2O5/c1-16(30)28-19-6-7-23-21(14-19)22(31)15-26(33-23)8-10-29(11-9-26)25(32)18-12-17-4-2-3-5-20(17)24(13-18)34-27/h2-7,12-14H,8-11,15H2,1H3,(H,28,30). The smallest absolute Gasteiger partial charge is 0.254 e. The van der Waals surface area contributed by atoms with Crippen molar-refractivity contribution in [3.8, 4) is 11.5 Å². The van der Waals surface area contributed by atoms with Crippen molar-refractivity contribution in [1.29, 1.82) is 0 Å². The van der Waals surface area contributed by atoms with E-state index in [0.717, 1.165) is 10.8 Å². The summed E-state index contributed by atoms with van der Waals surface area (Å²) in [6, 6.07) is 16.2. The zero-order valence-corrected chi connectivity index (χ0v) is 19.4. The molecule has 0 radical (unpaired) electrons. The number of halogens is 1. The summed E-state index contributed by atoms with van der Waals surface area (Å²) < 4.78 is 11.3. The molecule has 1 N–H and O–H groups in total. The summed E-state index contributed by atoms with van der Waals surface area (Å²) in [5.74, 6) is 0.620. The molecule has 1 saturated heterocycles. The van der Waals surface area contributed by atoms with E-state index in [2.05, 4.69) is 5.32 Å². The van der Waals surface area contributed by atoms with Gasteiger partial charge in [0.1, 0.15) is 23.2 Å². The molecule has 2 heterocycles. The minimum Gasteiger partial charge on any atom is -0.486 e. The summed E-state index contributed by atoms with van der Waals surface area (Å²) in [5.41, 5.74) is 0.904. The lowest BCUT2D eigenvalue weighted by Gasteiger charge is -2.44. The summed E-state index contributed by atoms with van der Waals surface area (Å²) in [7, 11) is 0. The van der Waals surface area contributed by atoms with Crippen LogP contribution in [0, 0.1) is 0 Å². The van der Waals surface area contributed by atoms with E-state index in [0.29, 0.717) is 54.2 Å². The fourth-order valence-corrected chi connectivity index (χ4v) is 4.94. The van der Waals surface area contributed by atoms with E-state index in [1.165, 1.54) is 6.92 Å². The Balaban J connectivity index is 1.32. The first-order chi connectivity index (χ1) is 16.4. The number of Topliss-reactive ketones (excluding diaryl/α,β-unsaturated/α-hetero) is 1. The average molecular weight is 479 g/mol. The van der Waals surface area contributed by atoms with E-state index in [-0.39, 0.29) is 24.0 Å². The molecule has 2 amide bonds. The first-order valence-corrected chi connectivity index (χ1v) is 11.4. The van der Waals surface area contributed by atoms with Gasteiger partial charge in [-0.3, -0.25) is 14.4 Å². The van der Waals surface area contributed by atoms with Crippen molar-refractivity contribution in [3.05, 3.63) is 65.7 Å². The number of amides is 2. The van der Waals surface area contributed by atoms with Crippen molar-refractivity contribution in [2.24, 2.45) is 0 Å². The van der Waals surface area contributed by atoms with E-state index < -0.39 is 5.60 Å². The summed E-state index contributed by atoms with van der Waals surface area (Å²) in [6.07, 6.45) is 1.33. The lowest BCUT2D eigenvalue weighted by molar-refractivity contribution is -0.114. The van der Waals surface area contributed by atoms with Gasteiger partial charge in [0.15, 0.2) is 11.5 Å². The highest BCUT2D eigenvalue weighted by Crippen LogP contribution is 2.40. The quantitative estimate of drug-likeness (QED) is 0.574. The van der Waals surface area contributed by atoms with Crippen LogP contribution in [-0.2, 0) is 4.79 Å². The summed E-state index contributed by atoms with van der Waals surface area (Å²) in [6.45, 7) is 2.36. The van der Waals surface area contributed by atoms with Crippen LogP contribution in [0.25, 0.3) is 10.8 Å². The van der Waals surface area contributed by atoms with Crippen LogP contribution in [0.3, 0.4) is 0 Å². The zero-order chi connectivity index (χ0) is 23.9. The molecule has 5 rings (SSSR count). The van der Waals surface area contributed by atoms with Crippen LogP contribution in [0.15, 0.2) is 54.6 Å². The third-order valence-electron chi connectivity index (χ3n) is 6.53. The van der Waals surface area contributed by atoms with Crippen molar-refractivity contribution >= 4 is 45.9 Å². The van der Waals surface area contributed by atoms with E-state index in [4.69, 9.17) is 20.9 Å². The number of carbonyl (C=O) groups is 3. The molecule has 2 aliphatic rings. The molecule has 2 aliphatic heterocycles. The van der Waals surface area contributed by atoms with Crippen LogP contribution in [0.4, 0.5) is 5.69 Å². The van der Waals surface area contributed by atoms with Crippen molar-refractivity contribution in [3.63, 3.8) is 0 Å². The summed E-state index contributed by atoms with van der Waals surface area (Å²) in [4.78, 5) is 39.3. The van der Waals surface area contributed by atoms with Gasteiger partial charge in [-0.15, -0.1) is 0 Å². The van der Waals surface area contributed by atoms with E-state index in [1.54, 1.807) is 29.2 Å².